The summed E-state index contributed by atoms with van der Waals surface area (Å²) in [5.74, 6) is 0. The van der Waals surface area contributed by atoms with E-state index in [-0.39, 0.29) is 6.04 Å². The van der Waals surface area contributed by atoms with Crippen LogP contribution in [0.4, 0.5) is 0 Å². The molecule has 0 saturated carbocycles. The Morgan fingerprint density at radius 3 is 2.61 bits per heavy atom. The summed E-state index contributed by atoms with van der Waals surface area (Å²) in [5, 5.41) is 14.3. The molecular formula is C15H16N2O. The van der Waals surface area contributed by atoms with E-state index >= 15 is 0 Å². The summed E-state index contributed by atoms with van der Waals surface area (Å²) in [7, 11) is 0. The number of hydrogen-bond donors (Lipinski definition) is 2. The van der Waals surface area contributed by atoms with Crippen LogP contribution in [0.25, 0.3) is 11.1 Å². The summed E-state index contributed by atoms with van der Waals surface area (Å²) in [4.78, 5) is 4.14. The molecule has 0 fully saturated rings. The second-order valence-corrected chi connectivity index (χ2v) is 4.98. The van der Waals surface area contributed by atoms with Gasteiger partial charge < -0.3 is 5.11 Å². The van der Waals surface area contributed by atoms with Crippen LogP contribution < -0.4 is 5.32 Å². The molecule has 1 unspecified atom stereocenters. The molecule has 18 heavy (non-hydrogen) atoms. The molecule has 3 rings (SSSR count). The van der Waals surface area contributed by atoms with Crippen molar-refractivity contribution in [2.75, 3.05) is 0 Å². The van der Waals surface area contributed by atoms with Crippen molar-refractivity contribution in [2.24, 2.45) is 0 Å². The lowest BCUT2D eigenvalue weighted by Crippen LogP contribution is -2.45. The number of benzene rings is 1. The highest BCUT2D eigenvalue weighted by Crippen LogP contribution is 2.45. The second-order valence-electron chi connectivity index (χ2n) is 4.98. The zero-order chi connectivity index (χ0) is 12.8. The van der Waals surface area contributed by atoms with Crippen LogP contribution in [0.1, 0.15) is 25.0 Å². The van der Waals surface area contributed by atoms with Gasteiger partial charge >= 0.3 is 0 Å². The van der Waals surface area contributed by atoms with Crippen LogP contribution in [0, 0.1) is 0 Å². The first kappa shape index (κ1) is 11.4. The van der Waals surface area contributed by atoms with Crippen molar-refractivity contribution in [3.63, 3.8) is 0 Å². The molecule has 2 aromatic rings. The summed E-state index contributed by atoms with van der Waals surface area (Å²) in [6.07, 6.45) is 3.50. The fourth-order valence-electron chi connectivity index (χ4n) is 2.67. The van der Waals surface area contributed by atoms with Crippen molar-refractivity contribution in [3.8, 4) is 11.1 Å². The standard InChI is InChI=1S/C15H16N2O/c1-10(2)17-15(18)13-6-4-3-5-11(13)12-7-8-16-9-14(12)15/h3-10,17-18H,1-2H3. The van der Waals surface area contributed by atoms with E-state index in [1.807, 2.05) is 44.2 Å². The highest BCUT2D eigenvalue weighted by atomic mass is 16.3. The summed E-state index contributed by atoms with van der Waals surface area (Å²) < 4.78 is 0. The smallest absolute Gasteiger partial charge is 0.171 e. The van der Waals surface area contributed by atoms with Gasteiger partial charge in [0.1, 0.15) is 0 Å². The van der Waals surface area contributed by atoms with Crippen molar-refractivity contribution >= 4 is 0 Å². The first-order valence-electron chi connectivity index (χ1n) is 6.17. The number of fused-ring (bicyclic) bond motifs is 3. The van der Waals surface area contributed by atoms with Gasteiger partial charge in [0.05, 0.1) is 0 Å². The maximum absolute atomic E-state index is 11.0. The molecule has 3 nitrogen and oxygen atoms in total. The molecule has 0 aliphatic heterocycles. The monoisotopic (exact) mass is 240 g/mol. The van der Waals surface area contributed by atoms with Crippen molar-refractivity contribution in [1.82, 2.24) is 10.3 Å². The second kappa shape index (κ2) is 3.90. The Labute approximate surface area is 107 Å². The van der Waals surface area contributed by atoms with Gasteiger partial charge in [-0.3, -0.25) is 10.3 Å². The average Bonchev–Trinajstić information content (AvgIpc) is 2.61. The predicted molar refractivity (Wildman–Crippen MR) is 70.9 cm³/mol. The predicted octanol–water partition coefficient (Wildman–Crippen LogP) is 2.25. The van der Waals surface area contributed by atoms with Gasteiger partial charge in [-0.2, -0.15) is 0 Å². The minimum absolute atomic E-state index is 0.175. The van der Waals surface area contributed by atoms with E-state index in [2.05, 4.69) is 10.3 Å². The Balaban J connectivity index is 2.27. The molecule has 1 aromatic carbocycles. The summed E-state index contributed by atoms with van der Waals surface area (Å²) in [6, 6.07) is 10.1. The van der Waals surface area contributed by atoms with E-state index in [9.17, 15) is 5.11 Å². The van der Waals surface area contributed by atoms with Crippen LogP contribution in [-0.4, -0.2) is 16.1 Å². The Morgan fingerprint density at radius 1 is 1.11 bits per heavy atom. The van der Waals surface area contributed by atoms with Gasteiger partial charge in [0.2, 0.25) is 0 Å². The van der Waals surface area contributed by atoms with Crippen molar-refractivity contribution in [3.05, 3.63) is 53.9 Å². The molecule has 0 spiro atoms. The fourth-order valence-corrected chi connectivity index (χ4v) is 2.67. The average molecular weight is 240 g/mol. The minimum Gasteiger partial charge on any atom is -0.367 e. The largest absolute Gasteiger partial charge is 0.367 e. The molecular weight excluding hydrogens is 224 g/mol. The van der Waals surface area contributed by atoms with E-state index in [1.165, 1.54) is 0 Å². The quantitative estimate of drug-likeness (QED) is 0.791. The molecule has 1 heterocycles. The number of pyridine rings is 1. The van der Waals surface area contributed by atoms with Gasteiger partial charge in [-0.25, -0.2) is 0 Å². The molecule has 0 saturated heterocycles. The van der Waals surface area contributed by atoms with Crippen LogP contribution in [0.5, 0.6) is 0 Å². The Hall–Kier alpha value is -1.71. The highest BCUT2D eigenvalue weighted by molar-refractivity contribution is 5.79. The topological polar surface area (TPSA) is 45.1 Å². The van der Waals surface area contributed by atoms with Gasteiger partial charge in [-0.05, 0) is 31.0 Å². The van der Waals surface area contributed by atoms with Crippen molar-refractivity contribution < 1.29 is 5.11 Å². The summed E-state index contributed by atoms with van der Waals surface area (Å²) in [6.45, 7) is 4.05. The lowest BCUT2D eigenvalue weighted by molar-refractivity contribution is 0.0386. The number of hydrogen-bond acceptors (Lipinski definition) is 3. The van der Waals surface area contributed by atoms with Crippen molar-refractivity contribution in [2.45, 2.75) is 25.6 Å². The lowest BCUT2D eigenvalue weighted by Gasteiger charge is -2.29. The number of aromatic nitrogens is 1. The van der Waals surface area contributed by atoms with Gasteiger partial charge in [-0.1, -0.05) is 24.3 Å². The molecule has 2 N–H and O–H groups in total. The van der Waals surface area contributed by atoms with Crippen LogP contribution in [0.2, 0.25) is 0 Å². The Bertz CT molecular complexity index is 547. The number of rotatable bonds is 2. The van der Waals surface area contributed by atoms with Crippen LogP contribution >= 0.6 is 0 Å². The van der Waals surface area contributed by atoms with E-state index < -0.39 is 5.72 Å². The van der Waals surface area contributed by atoms with Crippen LogP contribution in [0.3, 0.4) is 0 Å². The Kier molecular flexibility index (Phi) is 2.47. The number of nitrogens with one attached hydrogen (secondary N) is 1. The zero-order valence-corrected chi connectivity index (χ0v) is 10.5. The molecule has 1 aliphatic rings. The molecule has 3 heteroatoms. The van der Waals surface area contributed by atoms with Crippen LogP contribution in [0.15, 0.2) is 42.7 Å². The van der Waals surface area contributed by atoms with Gasteiger partial charge in [0.15, 0.2) is 5.72 Å². The van der Waals surface area contributed by atoms with E-state index in [4.69, 9.17) is 0 Å². The fraction of sp³-hybridized carbons (Fsp3) is 0.267. The first-order valence-corrected chi connectivity index (χ1v) is 6.17. The lowest BCUT2D eigenvalue weighted by atomic mass is 10.0. The first-order chi connectivity index (χ1) is 8.63. The van der Waals surface area contributed by atoms with E-state index in [0.717, 1.165) is 22.3 Å². The maximum Gasteiger partial charge on any atom is 0.171 e. The zero-order valence-electron chi connectivity index (χ0n) is 10.5. The summed E-state index contributed by atoms with van der Waals surface area (Å²) >= 11 is 0. The maximum atomic E-state index is 11.0. The molecule has 0 radical (unpaired) electrons. The Morgan fingerprint density at radius 2 is 1.83 bits per heavy atom. The molecule has 1 aliphatic carbocycles. The summed E-state index contributed by atoms with van der Waals surface area (Å²) in [5.41, 5.74) is 2.73. The molecule has 0 amide bonds. The SMILES string of the molecule is CC(C)NC1(O)c2ccccc2-c2ccncc21. The third-order valence-corrected chi connectivity index (χ3v) is 3.32. The molecule has 0 bridgehead atoms. The van der Waals surface area contributed by atoms with Crippen molar-refractivity contribution in [1.29, 1.82) is 0 Å². The molecule has 1 atom stereocenters. The van der Waals surface area contributed by atoms with Crippen LogP contribution in [-0.2, 0) is 5.72 Å². The normalized spacial score (nSPS) is 20.9. The van der Waals surface area contributed by atoms with Gasteiger partial charge in [-0.15, -0.1) is 0 Å². The van der Waals surface area contributed by atoms with E-state index in [0.29, 0.717) is 0 Å². The highest BCUT2D eigenvalue weighted by Gasteiger charge is 2.41. The number of nitrogens with zero attached hydrogens (tertiary/aromatic N) is 1. The van der Waals surface area contributed by atoms with Gasteiger partial charge in [0.25, 0.3) is 0 Å². The third-order valence-electron chi connectivity index (χ3n) is 3.32. The molecule has 92 valence electrons. The third kappa shape index (κ3) is 1.48. The minimum atomic E-state index is -1.13. The molecule has 1 aromatic heterocycles. The van der Waals surface area contributed by atoms with E-state index in [1.54, 1.807) is 12.4 Å². The van der Waals surface area contributed by atoms with Gasteiger partial charge in [0, 0.05) is 29.6 Å². The number of aliphatic hydroxyl groups is 1.